The Morgan fingerprint density at radius 3 is 2.48 bits per heavy atom. The third-order valence-electron chi connectivity index (χ3n) is 3.96. The van der Waals surface area contributed by atoms with Crippen molar-refractivity contribution in [2.24, 2.45) is 16.6 Å². The predicted octanol–water partition coefficient (Wildman–Crippen LogP) is 3.50. The summed E-state index contributed by atoms with van der Waals surface area (Å²) in [6, 6.07) is 0. The topological polar surface area (TPSA) is 105 Å². The summed E-state index contributed by atoms with van der Waals surface area (Å²) < 4.78 is 0. The fourth-order valence-electron chi connectivity index (χ4n) is 2.61. The Bertz CT molecular complexity index is 858. The van der Waals surface area contributed by atoms with Gasteiger partial charge in [-0.15, -0.1) is 0 Å². The second kappa shape index (κ2) is 11.6. The highest BCUT2D eigenvalue weighted by atomic mass is 16.1. The van der Waals surface area contributed by atoms with Crippen LogP contribution in [0.2, 0.25) is 0 Å². The molecule has 0 aromatic carbocycles. The summed E-state index contributed by atoms with van der Waals surface area (Å²) in [5.41, 5.74) is 11.2. The first-order chi connectivity index (χ1) is 13.7. The van der Waals surface area contributed by atoms with Gasteiger partial charge in [-0.05, 0) is 50.3 Å². The number of anilines is 1. The number of hydrogen-bond acceptors (Lipinski definition) is 6. The highest BCUT2D eigenvalue weighted by molar-refractivity contribution is 6.14. The maximum absolute atomic E-state index is 10.8. The van der Waals surface area contributed by atoms with Gasteiger partial charge in [-0.1, -0.05) is 26.5 Å². The molecule has 0 aliphatic rings. The van der Waals surface area contributed by atoms with E-state index in [-0.39, 0.29) is 0 Å². The molecule has 0 aliphatic heterocycles. The fourth-order valence-corrected chi connectivity index (χ4v) is 2.61. The number of aliphatic imine (C=N–C) groups is 1. The molecule has 1 aromatic rings. The number of nitrogens with two attached hydrogens (primary N) is 1. The number of rotatable bonds is 10. The molecule has 0 bridgehead atoms. The number of aromatic nitrogens is 2. The van der Waals surface area contributed by atoms with Crippen LogP contribution in [-0.4, -0.2) is 29.1 Å². The molecule has 0 saturated heterocycles. The number of amides is 1. The molecule has 0 radical (unpaired) electrons. The number of hydrogen-bond donors (Lipinski definition) is 3. The minimum atomic E-state index is 0.484. The van der Waals surface area contributed by atoms with E-state index in [1.807, 2.05) is 19.9 Å². The molecule has 29 heavy (non-hydrogen) atoms. The summed E-state index contributed by atoms with van der Waals surface area (Å²) in [6.07, 6.45) is 8.53. The van der Waals surface area contributed by atoms with E-state index in [4.69, 9.17) is 5.73 Å². The minimum absolute atomic E-state index is 0.484. The molecular formula is C22H32N6O. The Kier molecular flexibility index (Phi) is 9.51. The van der Waals surface area contributed by atoms with Crippen molar-refractivity contribution < 1.29 is 4.79 Å². The van der Waals surface area contributed by atoms with Crippen LogP contribution in [0, 0.1) is 5.92 Å². The number of nitrogens with zero attached hydrogens (tertiary/aromatic N) is 3. The maximum atomic E-state index is 10.8. The molecule has 1 rings (SSSR count). The van der Waals surface area contributed by atoms with Crippen molar-refractivity contribution in [2.75, 3.05) is 12.4 Å². The normalized spacial score (nSPS) is 13.8. The highest BCUT2D eigenvalue weighted by Gasteiger charge is 2.13. The Labute approximate surface area is 173 Å². The molecular weight excluding hydrogens is 364 g/mol. The van der Waals surface area contributed by atoms with Gasteiger partial charge in [-0.25, -0.2) is 4.98 Å². The number of carbonyl (C=O) groups is 1. The first-order valence-corrected chi connectivity index (χ1v) is 9.46. The first kappa shape index (κ1) is 23.8. The predicted molar refractivity (Wildman–Crippen MR) is 120 cm³/mol. The molecule has 7 heteroatoms. The molecule has 0 saturated carbocycles. The Hall–Kier alpha value is -3.22. The Morgan fingerprint density at radius 2 is 1.97 bits per heavy atom. The zero-order valence-electron chi connectivity index (χ0n) is 18.2. The lowest BCUT2D eigenvalue weighted by atomic mass is 10.1. The minimum Gasteiger partial charge on any atom is -0.401 e. The second-order valence-electron chi connectivity index (χ2n) is 7.22. The van der Waals surface area contributed by atoms with Gasteiger partial charge in [0.05, 0.1) is 23.3 Å². The number of allylic oxidation sites excluding steroid dienone is 5. The van der Waals surface area contributed by atoms with Crippen LogP contribution < -0.4 is 16.4 Å². The molecule has 0 unspecified atom stereocenters. The van der Waals surface area contributed by atoms with Crippen molar-refractivity contribution in [3.8, 4) is 0 Å². The van der Waals surface area contributed by atoms with E-state index in [9.17, 15) is 4.79 Å². The Morgan fingerprint density at radius 1 is 1.28 bits per heavy atom. The summed E-state index contributed by atoms with van der Waals surface area (Å²) in [6.45, 7) is 13.7. The third kappa shape index (κ3) is 7.73. The van der Waals surface area contributed by atoms with E-state index in [0.717, 1.165) is 23.3 Å². The number of nitrogens with one attached hydrogen (secondary N) is 2. The molecule has 1 aromatic heterocycles. The molecule has 4 N–H and O–H groups in total. The van der Waals surface area contributed by atoms with Gasteiger partial charge in [0.15, 0.2) is 0 Å². The average molecular weight is 397 g/mol. The van der Waals surface area contributed by atoms with Crippen LogP contribution in [0.15, 0.2) is 64.4 Å². The van der Waals surface area contributed by atoms with E-state index in [1.165, 1.54) is 0 Å². The lowest BCUT2D eigenvalue weighted by molar-refractivity contribution is -0.108. The fraction of sp³-hybridized carbons (Fsp3) is 0.364. The second-order valence-corrected chi connectivity index (χ2v) is 7.22. The smallest absolute Gasteiger partial charge is 0.211 e. The summed E-state index contributed by atoms with van der Waals surface area (Å²) in [5, 5.41) is 5.89. The molecule has 0 aliphatic carbocycles. The zero-order valence-corrected chi connectivity index (χ0v) is 18.2. The van der Waals surface area contributed by atoms with Gasteiger partial charge < -0.3 is 16.4 Å². The summed E-state index contributed by atoms with van der Waals surface area (Å²) in [7, 11) is 1.70. The quantitative estimate of drug-likeness (QED) is 0.319. The molecule has 0 spiro atoms. The van der Waals surface area contributed by atoms with Gasteiger partial charge in [-0.2, -0.15) is 0 Å². The van der Waals surface area contributed by atoms with Gasteiger partial charge in [0.1, 0.15) is 5.82 Å². The molecule has 0 atom stereocenters. The van der Waals surface area contributed by atoms with Crippen molar-refractivity contribution in [1.29, 1.82) is 0 Å². The van der Waals surface area contributed by atoms with Crippen molar-refractivity contribution in [1.82, 2.24) is 15.3 Å². The largest absolute Gasteiger partial charge is 0.401 e. The van der Waals surface area contributed by atoms with Crippen molar-refractivity contribution >= 4 is 17.9 Å². The molecule has 156 valence electrons. The van der Waals surface area contributed by atoms with Gasteiger partial charge in [0, 0.05) is 24.6 Å². The van der Waals surface area contributed by atoms with Crippen LogP contribution in [0.25, 0.3) is 0 Å². The number of carbonyl (C=O) groups excluding carboxylic acids is 1. The standard InChI is InChI=1S/C22H32N6O/c1-14(2)10-18-11-25-12-20(27-18)28-22(17(6)23)21(24-7)16(5)8-9-19(15(3)4)26-13-29/h8-9,11-14H,3,10,23H2,1-2,4-7H3,(H,26,29)(H,27,28)/b16-8+,19-9+,22-17+,24-21?. The van der Waals surface area contributed by atoms with E-state index in [1.54, 1.807) is 32.4 Å². The Balaban J connectivity index is 3.21. The lowest BCUT2D eigenvalue weighted by Gasteiger charge is -2.16. The van der Waals surface area contributed by atoms with E-state index >= 15 is 0 Å². The monoisotopic (exact) mass is 396 g/mol. The van der Waals surface area contributed by atoms with Gasteiger partial charge in [-0.3, -0.25) is 14.8 Å². The van der Waals surface area contributed by atoms with Crippen molar-refractivity contribution in [3.05, 3.63) is 65.1 Å². The molecule has 7 nitrogen and oxygen atoms in total. The molecule has 1 heterocycles. The highest BCUT2D eigenvalue weighted by Crippen LogP contribution is 2.16. The first-order valence-electron chi connectivity index (χ1n) is 9.46. The van der Waals surface area contributed by atoms with Crippen LogP contribution in [0.3, 0.4) is 0 Å². The summed E-state index contributed by atoms with van der Waals surface area (Å²) in [4.78, 5) is 24.1. The molecule has 0 fully saturated rings. The van der Waals surface area contributed by atoms with E-state index < -0.39 is 0 Å². The average Bonchev–Trinajstić information content (AvgIpc) is 2.64. The molecule has 1 amide bonds. The van der Waals surface area contributed by atoms with Crippen molar-refractivity contribution in [2.45, 2.75) is 41.0 Å². The van der Waals surface area contributed by atoms with Crippen LogP contribution in [0.5, 0.6) is 0 Å². The van der Waals surface area contributed by atoms with Crippen LogP contribution in [-0.2, 0) is 11.2 Å². The summed E-state index contributed by atoms with van der Waals surface area (Å²) >= 11 is 0. The van der Waals surface area contributed by atoms with Gasteiger partial charge in [0.25, 0.3) is 0 Å². The van der Waals surface area contributed by atoms with E-state index in [2.05, 4.69) is 46.0 Å². The van der Waals surface area contributed by atoms with Crippen LogP contribution in [0.4, 0.5) is 5.82 Å². The lowest BCUT2D eigenvalue weighted by Crippen LogP contribution is -2.19. The van der Waals surface area contributed by atoms with E-state index in [0.29, 0.717) is 40.9 Å². The maximum Gasteiger partial charge on any atom is 0.211 e. The van der Waals surface area contributed by atoms with Crippen LogP contribution in [0.1, 0.15) is 40.3 Å². The third-order valence-corrected chi connectivity index (χ3v) is 3.96. The summed E-state index contributed by atoms with van der Waals surface area (Å²) in [5.74, 6) is 1.09. The van der Waals surface area contributed by atoms with Crippen LogP contribution >= 0.6 is 0 Å². The zero-order chi connectivity index (χ0) is 22.0. The van der Waals surface area contributed by atoms with Gasteiger partial charge >= 0.3 is 0 Å². The SMILES string of the molecule is C=C(C)/C(=C\C=C(/C)C(=NC)/C(Nc1cncc(CC(C)C)n1)=C(/C)N)NC=O. The van der Waals surface area contributed by atoms with Gasteiger partial charge in [0.2, 0.25) is 6.41 Å². The van der Waals surface area contributed by atoms with Crippen molar-refractivity contribution in [3.63, 3.8) is 0 Å².